The van der Waals surface area contributed by atoms with Gasteiger partial charge in [-0.3, -0.25) is 15.3 Å². The van der Waals surface area contributed by atoms with E-state index in [1.807, 2.05) is 12.1 Å². The second-order valence-corrected chi connectivity index (χ2v) is 7.79. The first-order valence-electron chi connectivity index (χ1n) is 9.45. The van der Waals surface area contributed by atoms with E-state index in [-0.39, 0.29) is 5.75 Å². The molecule has 8 heteroatoms. The minimum atomic E-state index is -0.774. The highest BCUT2D eigenvalue weighted by molar-refractivity contribution is 9.10. The van der Waals surface area contributed by atoms with Crippen LogP contribution in [-0.2, 0) is 9.53 Å². The molecule has 0 aliphatic heterocycles. The molecule has 7 nitrogen and oxygen atoms in total. The lowest BCUT2D eigenvalue weighted by atomic mass is 9.92. The van der Waals surface area contributed by atoms with Crippen LogP contribution in [0.5, 0.6) is 5.75 Å². The van der Waals surface area contributed by atoms with Crippen molar-refractivity contribution in [3.63, 3.8) is 0 Å². The number of halogens is 1. The lowest BCUT2D eigenvalue weighted by Gasteiger charge is -2.24. The first-order chi connectivity index (χ1) is 14.9. The maximum absolute atomic E-state index is 12.6. The summed E-state index contributed by atoms with van der Waals surface area (Å²) in [4.78, 5) is 24.1. The number of amides is 2. The van der Waals surface area contributed by atoms with Crippen molar-refractivity contribution in [3.05, 3.63) is 82.9 Å². The van der Waals surface area contributed by atoms with Crippen molar-refractivity contribution < 1.29 is 24.6 Å². The third-order valence-corrected chi connectivity index (χ3v) is 5.23. The Balaban J connectivity index is 1.94. The van der Waals surface area contributed by atoms with Crippen molar-refractivity contribution in [2.75, 3.05) is 5.32 Å². The molecule has 0 spiro atoms. The highest BCUT2D eigenvalue weighted by Gasteiger charge is 2.25. The van der Waals surface area contributed by atoms with Crippen molar-refractivity contribution in [2.24, 2.45) is 5.92 Å². The summed E-state index contributed by atoms with van der Waals surface area (Å²) in [6.07, 6.45) is 1.25. The van der Waals surface area contributed by atoms with Gasteiger partial charge < -0.3 is 9.84 Å². The van der Waals surface area contributed by atoms with Gasteiger partial charge in [0.05, 0.1) is 0 Å². The number of hydrogen-bond donors (Lipinski definition) is 4. The number of anilines is 1. The normalized spacial score (nSPS) is 13.0. The Morgan fingerprint density at radius 2 is 1.71 bits per heavy atom. The van der Waals surface area contributed by atoms with Crippen molar-refractivity contribution in [2.45, 2.75) is 13.0 Å². The molecule has 0 aromatic heterocycles. The van der Waals surface area contributed by atoms with E-state index < -0.39 is 24.0 Å². The van der Waals surface area contributed by atoms with E-state index >= 15 is 0 Å². The number of nitrogens with one attached hydrogen (secondary N) is 2. The Hall–Kier alpha value is -3.36. The topological polar surface area (TPSA) is 108 Å². The van der Waals surface area contributed by atoms with E-state index in [0.717, 1.165) is 15.9 Å². The largest absolute Gasteiger partial charge is 0.507 e. The maximum atomic E-state index is 12.6. The molecule has 4 N–H and O–H groups in total. The molecule has 0 heterocycles. The molecular weight excluding hydrogens is 464 g/mol. The number of hydroxylamine groups is 1. The lowest BCUT2D eigenvalue weighted by Crippen LogP contribution is -2.22. The summed E-state index contributed by atoms with van der Waals surface area (Å²) >= 11 is 3.34. The first kappa shape index (κ1) is 22.3. The van der Waals surface area contributed by atoms with E-state index in [1.165, 1.54) is 17.6 Å². The fraction of sp³-hybridized carbons (Fsp3) is 0.130. The van der Waals surface area contributed by atoms with E-state index in [2.05, 4.69) is 21.2 Å². The number of aromatic hydroxyl groups is 1. The van der Waals surface area contributed by atoms with Crippen LogP contribution in [0.25, 0.3) is 10.8 Å². The van der Waals surface area contributed by atoms with Crippen molar-refractivity contribution in [1.29, 1.82) is 0 Å². The minimum Gasteiger partial charge on any atom is -0.507 e. The number of rotatable bonds is 6. The van der Waals surface area contributed by atoms with Crippen molar-refractivity contribution >= 4 is 44.4 Å². The summed E-state index contributed by atoms with van der Waals surface area (Å²) in [5.74, 6) is -1.01. The van der Waals surface area contributed by atoms with Gasteiger partial charge in [0.15, 0.2) is 0 Å². The highest BCUT2D eigenvalue weighted by Crippen LogP contribution is 2.36. The van der Waals surface area contributed by atoms with Gasteiger partial charge in [-0.25, -0.2) is 10.3 Å². The SMILES string of the molecule is C[C@H](/C=C/C(=O)NO)[C@H](OC(=O)Nc1ccc(Br)cc1)c1ccc(O)c2ccccc12. The van der Waals surface area contributed by atoms with Crippen LogP contribution < -0.4 is 10.8 Å². The second-order valence-electron chi connectivity index (χ2n) is 6.87. The van der Waals surface area contributed by atoms with E-state index in [0.29, 0.717) is 16.6 Å². The Morgan fingerprint density at radius 3 is 2.39 bits per heavy atom. The van der Waals surface area contributed by atoms with E-state index in [1.54, 1.807) is 49.4 Å². The van der Waals surface area contributed by atoms with Gasteiger partial charge in [-0.1, -0.05) is 59.3 Å². The Bertz CT molecular complexity index is 1110. The average molecular weight is 485 g/mol. The molecule has 0 unspecified atom stereocenters. The van der Waals surface area contributed by atoms with Gasteiger partial charge in [-0.2, -0.15) is 0 Å². The van der Waals surface area contributed by atoms with Crippen LogP contribution in [0.1, 0.15) is 18.6 Å². The first-order valence-corrected chi connectivity index (χ1v) is 10.2. The van der Waals surface area contributed by atoms with Gasteiger partial charge in [0.1, 0.15) is 11.9 Å². The summed E-state index contributed by atoms with van der Waals surface area (Å²) in [6.45, 7) is 1.78. The molecule has 0 fully saturated rings. The maximum Gasteiger partial charge on any atom is 0.412 e. The van der Waals surface area contributed by atoms with E-state index in [9.17, 15) is 14.7 Å². The zero-order valence-corrected chi connectivity index (χ0v) is 18.2. The van der Waals surface area contributed by atoms with Gasteiger partial charge in [-0.15, -0.1) is 0 Å². The quantitative estimate of drug-likeness (QED) is 0.216. The number of carbonyl (C=O) groups is 2. The van der Waals surface area contributed by atoms with Gasteiger partial charge in [0, 0.05) is 33.1 Å². The number of benzene rings is 3. The zero-order valence-electron chi connectivity index (χ0n) is 16.6. The number of ether oxygens (including phenoxy) is 1. The number of carbonyl (C=O) groups excluding carboxylic acids is 2. The van der Waals surface area contributed by atoms with Gasteiger partial charge in [0.2, 0.25) is 0 Å². The Labute approximate surface area is 187 Å². The van der Waals surface area contributed by atoms with Gasteiger partial charge >= 0.3 is 6.09 Å². The van der Waals surface area contributed by atoms with Gasteiger partial charge in [-0.05, 0) is 35.7 Å². The van der Waals surface area contributed by atoms with E-state index in [4.69, 9.17) is 9.94 Å². The predicted molar refractivity (Wildman–Crippen MR) is 121 cm³/mol. The van der Waals surface area contributed by atoms with Crippen molar-refractivity contribution in [3.8, 4) is 5.75 Å². The molecule has 160 valence electrons. The van der Waals surface area contributed by atoms with Crippen LogP contribution in [0.2, 0.25) is 0 Å². The predicted octanol–water partition coefficient (Wildman–Crippen LogP) is 5.30. The lowest BCUT2D eigenvalue weighted by molar-refractivity contribution is -0.124. The monoisotopic (exact) mass is 484 g/mol. The summed E-state index contributed by atoms with van der Waals surface area (Å²) < 4.78 is 6.63. The summed E-state index contributed by atoms with van der Waals surface area (Å²) in [6, 6.07) is 17.5. The van der Waals surface area contributed by atoms with Crippen LogP contribution in [0, 0.1) is 5.92 Å². The summed E-state index contributed by atoms with van der Waals surface area (Å²) in [7, 11) is 0. The number of hydrogen-bond acceptors (Lipinski definition) is 5. The molecule has 0 bridgehead atoms. The number of phenols is 1. The number of fused-ring (bicyclic) bond motifs is 1. The molecule has 3 aromatic rings. The van der Waals surface area contributed by atoms with Crippen LogP contribution in [0.15, 0.2) is 77.3 Å². The molecule has 0 aliphatic carbocycles. The van der Waals surface area contributed by atoms with Crippen LogP contribution in [-0.4, -0.2) is 22.3 Å². The second kappa shape index (κ2) is 10.1. The van der Waals surface area contributed by atoms with Crippen LogP contribution in [0.4, 0.5) is 10.5 Å². The highest BCUT2D eigenvalue weighted by atomic mass is 79.9. The zero-order chi connectivity index (χ0) is 22.4. The standard InChI is InChI=1S/C23H21BrN2O5/c1-14(6-13-21(28)26-30)22(31-23(29)25-16-9-7-15(24)8-10-16)19-11-12-20(27)18-5-3-2-4-17(18)19/h2-14,22,27,30H,1H3,(H,25,29)(H,26,28)/b13-6+/t14-,22+/m1/s1. The van der Waals surface area contributed by atoms with Crippen LogP contribution in [0.3, 0.4) is 0 Å². The smallest absolute Gasteiger partial charge is 0.412 e. The molecule has 0 saturated carbocycles. The van der Waals surface area contributed by atoms with Gasteiger partial charge in [0.25, 0.3) is 5.91 Å². The molecule has 31 heavy (non-hydrogen) atoms. The summed E-state index contributed by atoms with van der Waals surface area (Å²) in [5.41, 5.74) is 2.76. The molecule has 0 aliphatic rings. The Kier molecular flexibility index (Phi) is 7.28. The molecule has 3 aromatic carbocycles. The summed E-state index contributed by atoms with van der Waals surface area (Å²) in [5, 5.41) is 23.0. The average Bonchev–Trinajstić information content (AvgIpc) is 2.78. The van der Waals surface area contributed by atoms with Crippen molar-refractivity contribution in [1.82, 2.24) is 5.48 Å². The fourth-order valence-electron chi connectivity index (χ4n) is 3.18. The minimum absolute atomic E-state index is 0.111. The number of phenolic OH excluding ortho intramolecular Hbond substituents is 1. The molecule has 3 rings (SSSR count). The molecule has 0 saturated heterocycles. The van der Waals surface area contributed by atoms with Crippen LogP contribution >= 0.6 is 15.9 Å². The third kappa shape index (κ3) is 5.62. The fourth-order valence-corrected chi connectivity index (χ4v) is 3.45. The molecule has 2 atom stereocenters. The third-order valence-electron chi connectivity index (χ3n) is 4.70. The molecule has 0 radical (unpaired) electrons. The molecule has 2 amide bonds. The molecular formula is C23H21BrN2O5. The Morgan fingerprint density at radius 1 is 1.03 bits per heavy atom.